The van der Waals surface area contributed by atoms with Gasteiger partial charge in [0.25, 0.3) is 5.91 Å². The lowest BCUT2D eigenvalue weighted by atomic mass is 10.2. The van der Waals surface area contributed by atoms with Crippen LogP contribution in [0, 0.1) is 0 Å². The molecule has 0 bridgehead atoms. The van der Waals surface area contributed by atoms with Crippen LogP contribution in [0.4, 0.5) is 0 Å². The van der Waals surface area contributed by atoms with E-state index in [2.05, 4.69) is 5.32 Å². The van der Waals surface area contributed by atoms with Gasteiger partial charge >= 0.3 is 0 Å². The number of aliphatic hydroxyl groups is 1. The summed E-state index contributed by atoms with van der Waals surface area (Å²) in [5.41, 5.74) is 0. The lowest BCUT2D eigenvalue weighted by molar-refractivity contribution is -0.124. The summed E-state index contributed by atoms with van der Waals surface area (Å²) >= 11 is 8.03. The van der Waals surface area contributed by atoms with Crippen LogP contribution >= 0.6 is 35.7 Å². The van der Waals surface area contributed by atoms with Gasteiger partial charge in [-0.15, -0.1) is 0 Å². The molecular formula is C15H16N2O4S3. The Morgan fingerprint density at radius 1 is 1.54 bits per heavy atom. The topological polar surface area (TPSA) is 82.8 Å². The first-order valence-corrected chi connectivity index (χ1v) is 9.76. The van der Waals surface area contributed by atoms with E-state index in [4.69, 9.17) is 16.6 Å². The second-order valence-corrected chi connectivity index (χ2v) is 8.13. The van der Waals surface area contributed by atoms with Gasteiger partial charge in [0, 0.05) is 30.5 Å². The smallest absolute Gasteiger partial charge is 0.266 e. The van der Waals surface area contributed by atoms with Crippen LogP contribution in [0.3, 0.4) is 0 Å². The van der Waals surface area contributed by atoms with Crippen LogP contribution in [0.25, 0.3) is 6.08 Å². The summed E-state index contributed by atoms with van der Waals surface area (Å²) in [6, 6.07) is 3.28. The van der Waals surface area contributed by atoms with E-state index in [1.807, 2.05) is 0 Å². The number of furan rings is 1. The molecule has 2 aliphatic heterocycles. The molecule has 0 radical (unpaired) electrons. The van der Waals surface area contributed by atoms with Gasteiger partial charge in [-0.05, 0) is 12.1 Å². The number of carbonyl (C=O) groups excluding carboxylic acids is 2. The van der Waals surface area contributed by atoms with Crippen LogP contribution in [0.2, 0.25) is 0 Å². The SMILES string of the molecule is O=C(CCN1C(=O)/C(=C/c2ccco2)SC1=S)N[C@H]1CSC[C@@H]1O. The highest BCUT2D eigenvalue weighted by atomic mass is 32.2. The third-order valence-corrected chi connectivity index (χ3v) is 6.20. The monoisotopic (exact) mass is 384 g/mol. The van der Waals surface area contributed by atoms with Gasteiger partial charge in [0.05, 0.1) is 23.3 Å². The molecule has 2 atom stereocenters. The maximum Gasteiger partial charge on any atom is 0.266 e. The van der Waals surface area contributed by atoms with Gasteiger partial charge in [-0.2, -0.15) is 11.8 Å². The largest absolute Gasteiger partial charge is 0.465 e. The Morgan fingerprint density at radius 3 is 3.04 bits per heavy atom. The fourth-order valence-corrected chi connectivity index (χ4v) is 4.83. The summed E-state index contributed by atoms with van der Waals surface area (Å²) in [5.74, 6) is 1.52. The highest BCUT2D eigenvalue weighted by Gasteiger charge is 2.33. The van der Waals surface area contributed by atoms with Gasteiger partial charge in [-0.1, -0.05) is 24.0 Å². The van der Waals surface area contributed by atoms with Crippen LogP contribution in [0.1, 0.15) is 12.2 Å². The predicted octanol–water partition coefficient (Wildman–Crippen LogP) is 1.46. The molecule has 9 heteroatoms. The average Bonchev–Trinajstić information content (AvgIpc) is 3.24. The van der Waals surface area contributed by atoms with E-state index in [-0.39, 0.29) is 30.8 Å². The summed E-state index contributed by atoms with van der Waals surface area (Å²) in [5, 5.41) is 12.5. The molecule has 24 heavy (non-hydrogen) atoms. The van der Waals surface area contributed by atoms with Gasteiger partial charge in [-0.3, -0.25) is 14.5 Å². The second-order valence-electron chi connectivity index (χ2n) is 5.38. The van der Waals surface area contributed by atoms with Crippen LogP contribution < -0.4 is 5.32 Å². The summed E-state index contributed by atoms with van der Waals surface area (Å²) in [6.07, 6.45) is 2.82. The van der Waals surface area contributed by atoms with Crippen LogP contribution in [0.5, 0.6) is 0 Å². The Bertz CT molecular complexity index is 674. The fraction of sp³-hybridized carbons (Fsp3) is 0.400. The van der Waals surface area contributed by atoms with Gasteiger partial charge in [-0.25, -0.2) is 0 Å². The molecular weight excluding hydrogens is 368 g/mol. The normalized spacial score (nSPS) is 25.7. The zero-order chi connectivity index (χ0) is 17.1. The number of hydrogen-bond acceptors (Lipinski definition) is 7. The van der Waals surface area contributed by atoms with Crippen molar-refractivity contribution >= 4 is 58.0 Å². The molecule has 1 aromatic heterocycles. The number of amides is 2. The highest BCUT2D eigenvalue weighted by Crippen LogP contribution is 2.32. The van der Waals surface area contributed by atoms with E-state index in [0.29, 0.717) is 26.5 Å². The minimum atomic E-state index is -0.508. The Morgan fingerprint density at radius 2 is 2.38 bits per heavy atom. The van der Waals surface area contributed by atoms with E-state index >= 15 is 0 Å². The van der Waals surface area contributed by atoms with E-state index in [1.54, 1.807) is 30.0 Å². The Hall–Kier alpha value is -1.29. The first-order chi connectivity index (χ1) is 11.5. The zero-order valence-corrected chi connectivity index (χ0v) is 15.1. The van der Waals surface area contributed by atoms with Gasteiger partial charge < -0.3 is 14.8 Å². The molecule has 0 aliphatic carbocycles. The Balaban J connectivity index is 1.54. The molecule has 0 saturated carbocycles. The van der Waals surface area contributed by atoms with Crippen molar-refractivity contribution in [2.24, 2.45) is 0 Å². The van der Waals surface area contributed by atoms with Crippen LogP contribution in [-0.2, 0) is 9.59 Å². The quantitative estimate of drug-likeness (QED) is 0.587. The second kappa shape index (κ2) is 7.73. The third kappa shape index (κ3) is 4.02. The number of aliphatic hydroxyl groups excluding tert-OH is 1. The minimum Gasteiger partial charge on any atom is -0.465 e. The van der Waals surface area contributed by atoms with E-state index in [9.17, 15) is 14.7 Å². The molecule has 0 aromatic carbocycles. The van der Waals surface area contributed by atoms with Crippen molar-refractivity contribution in [3.8, 4) is 0 Å². The number of nitrogens with zero attached hydrogens (tertiary/aromatic N) is 1. The molecule has 2 N–H and O–H groups in total. The Kier molecular flexibility index (Phi) is 5.65. The van der Waals surface area contributed by atoms with Crippen molar-refractivity contribution in [3.05, 3.63) is 29.1 Å². The molecule has 2 fully saturated rings. The van der Waals surface area contributed by atoms with Crippen molar-refractivity contribution in [2.75, 3.05) is 18.1 Å². The maximum absolute atomic E-state index is 12.4. The number of thioether (sulfide) groups is 2. The summed E-state index contributed by atoms with van der Waals surface area (Å²) < 4.78 is 5.64. The van der Waals surface area contributed by atoms with Crippen molar-refractivity contribution in [1.82, 2.24) is 10.2 Å². The number of thiocarbonyl (C=S) groups is 1. The predicted molar refractivity (Wildman–Crippen MR) is 98.5 cm³/mol. The van der Waals surface area contributed by atoms with E-state index < -0.39 is 6.10 Å². The average molecular weight is 385 g/mol. The third-order valence-electron chi connectivity index (χ3n) is 3.65. The molecule has 2 aliphatic rings. The van der Waals surface area contributed by atoms with Crippen molar-refractivity contribution in [2.45, 2.75) is 18.6 Å². The highest BCUT2D eigenvalue weighted by molar-refractivity contribution is 8.26. The van der Waals surface area contributed by atoms with Crippen LogP contribution in [0.15, 0.2) is 27.7 Å². The minimum absolute atomic E-state index is 0.147. The number of carbonyl (C=O) groups is 2. The van der Waals surface area contributed by atoms with Crippen molar-refractivity contribution in [1.29, 1.82) is 0 Å². The first-order valence-electron chi connectivity index (χ1n) is 7.38. The fourth-order valence-electron chi connectivity index (χ4n) is 2.37. The molecule has 128 valence electrons. The molecule has 1 aromatic rings. The number of rotatable bonds is 5. The zero-order valence-electron chi connectivity index (χ0n) is 12.6. The number of hydrogen-bond donors (Lipinski definition) is 2. The van der Waals surface area contributed by atoms with Gasteiger partial charge in [0.1, 0.15) is 10.1 Å². The molecule has 2 saturated heterocycles. The van der Waals surface area contributed by atoms with E-state index in [1.165, 1.54) is 22.9 Å². The lowest BCUT2D eigenvalue weighted by Crippen LogP contribution is -2.43. The van der Waals surface area contributed by atoms with Crippen molar-refractivity contribution in [3.63, 3.8) is 0 Å². The van der Waals surface area contributed by atoms with Gasteiger partial charge in [0.15, 0.2) is 0 Å². The summed E-state index contributed by atoms with van der Waals surface area (Å²) in [6.45, 7) is 0.224. The van der Waals surface area contributed by atoms with Crippen molar-refractivity contribution < 1.29 is 19.1 Å². The molecule has 2 amide bonds. The molecule has 0 spiro atoms. The summed E-state index contributed by atoms with van der Waals surface area (Å²) in [4.78, 5) is 26.3. The van der Waals surface area contributed by atoms with E-state index in [0.717, 1.165) is 0 Å². The Labute approximate surface area is 153 Å². The summed E-state index contributed by atoms with van der Waals surface area (Å²) in [7, 11) is 0. The number of nitrogens with one attached hydrogen (secondary N) is 1. The lowest BCUT2D eigenvalue weighted by Gasteiger charge is -2.17. The first kappa shape index (κ1) is 17.5. The van der Waals surface area contributed by atoms with Gasteiger partial charge in [0.2, 0.25) is 5.91 Å². The van der Waals surface area contributed by atoms with Crippen LogP contribution in [-0.4, -0.2) is 56.3 Å². The molecule has 0 unspecified atom stereocenters. The standard InChI is InChI=1S/C15H16N2O4S3/c18-11-8-23-7-10(11)16-13(19)3-4-17-14(20)12(24-15(17)22)6-9-2-1-5-21-9/h1-2,5-6,10-11,18H,3-4,7-8H2,(H,16,19)/b12-6-/t10-,11-/m0/s1. The molecule has 3 rings (SSSR count). The molecule has 6 nitrogen and oxygen atoms in total. The molecule has 3 heterocycles. The maximum atomic E-state index is 12.4.